The van der Waals surface area contributed by atoms with Gasteiger partial charge in [0.05, 0.1) is 10.6 Å². The Morgan fingerprint density at radius 2 is 1.82 bits per heavy atom. The highest BCUT2D eigenvalue weighted by atomic mass is 79.9. The van der Waals surface area contributed by atoms with Crippen LogP contribution in [0.1, 0.15) is 11.1 Å². The molecule has 0 amide bonds. The van der Waals surface area contributed by atoms with E-state index in [2.05, 4.69) is 36.9 Å². The maximum absolute atomic E-state index is 10.9. The Hall–Kier alpha value is -2.22. The number of rotatable bonds is 6. The van der Waals surface area contributed by atoms with Gasteiger partial charge in [-0.2, -0.15) is 0 Å². The minimum absolute atomic E-state index is 0.0860. The van der Waals surface area contributed by atoms with Gasteiger partial charge in [-0.25, -0.2) is 0 Å². The van der Waals surface area contributed by atoms with E-state index in [1.807, 2.05) is 42.5 Å². The summed E-state index contributed by atoms with van der Waals surface area (Å²) in [7, 11) is 0. The monoisotopic (exact) mass is 522 g/mol. The fourth-order valence-electron chi connectivity index (χ4n) is 2.32. The summed E-state index contributed by atoms with van der Waals surface area (Å²) in [6.45, 7) is 0.440. The van der Waals surface area contributed by atoms with Crippen molar-refractivity contribution in [2.75, 3.05) is 0 Å². The first-order valence-electron chi connectivity index (χ1n) is 8.07. The van der Waals surface area contributed by atoms with E-state index in [9.17, 15) is 10.1 Å². The maximum atomic E-state index is 10.9. The maximum Gasteiger partial charge on any atom is 0.290 e. The number of aliphatic imine (C=N–C) groups is 1. The van der Waals surface area contributed by atoms with Gasteiger partial charge in [0.2, 0.25) is 0 Å². The summed E-state index contributed by atoms with van der Waals surface area (Å²) >= 11 is 12.7. The number of hydrogen-bond donors (Lipinski definition) is 0. The minimum Gasteiger partial charge on any atom is -0.489 e. The van der Waals surface area contributed by atoms with Crippen molar-refractivity contribution in [2.45, 2.75) is 6.61 Å². The number of benzene rings is 3. The molecule has 0 unspecified atom stereocenters. The van der Waals surface area contributed by atoms with E-state index in [-0.39, 0.29) is 10.7 Å². The van der Waals surface area contributed by atoms with Crippen molar-refractivity contribution < 1.29 is 9.66 Å². The van der Waals surface area contributed by atoms with Gasteiger partial charge < -0.3 is 4.74 Å². The Kier molecular flexibility index (Phi) is 6.83. The average Bonchev–Trinajstić information content (AvgIpc) is 2.67. The van der Waals surface area contributed by atoms with Gasteiger partial charge in [-0.1, -0.05) is 49.5 Å². The van der Waals surface area contributed by atoms with Crippen LogP contribution >= 0.6 is 43.5 Å². The third-order valence-electron chi connectivity index (χ3n) is 3.78. The van der Waals surface area contributed by atoms with E-state index < -0.39 is 4.92 Å². The van der Waals surface area contributed by atoms with Crippen molar-refractivity contribution in [1.29, 1.82) is 0 Å². The first-order valence-corrected chi connectivity index (χ1v) is 10.0. The van der Waals surface area contributed by atoms with Gasteiger partial charge in [0.15, 0.2) is 0 Å². The molecule has 3 aromatic rings. The molecule has 8 heteroatoms. The molecule has 0 aromatic heterocycles. The number of nitro groups is 1. The lowest BCUT2D eigenvalue weighted by Crippen LogP contribution is -1.96. The number of nitro benzene ring substituents is 1. The van der Waals surface area contributed by atoms with Crippen LogP contribution in [0.15, 0.2) is 74.6 Å². The highest BCUT2D eigenvalue weighted by molar-refractivity contribution is 9.11. The lowest BCUT2D eigenvalue weighted by molar-refractivity contribution is -0.384. The predicted octanol–water partition coefficient (Wildman–Crippen LogP) is 7.10. The summed E-state index contributed by atoms with van der Waals surface area (Å²) in [5.74, 6) is 0.731. The van der Waals surface area contributed by atoms with Crippen LogP contribution in [0.5, 0.6) is 5.75 Å². The summed E-state index contributed by atoms with van der Waals surface area (Å²) in [4.78, 5) is 14.7. The van der Waals surface area contributed by atoms with Gasteiger partial charge in [-0.3, -0.25) is 15.1 Å². The molecule has 0 bridgehead atoms. The SMILES string of the molecule is O=[N+]([O-])c1cc(N=Cc2ccc(OCc3ccc(Br)cc3Br)cc2)ccc1Cl. The van der Waals surface area contributed by atoms with E-state index >= 15 is 0 Å². The van der Waals surface area contributed by atoms with Crippen molar-refractivity contribution in [3.8, 4) is 5.75 Å². The molecule has 28 heavy (non-hydrogen) atoms. The standard InChI is InChI=1S/C20H13Br2ClN2O3/c21-15-4-3-14(18(22)9-15)12-28-17-6-1-13(2-7-17)11-24-16-5-8-19(23)20(10-16)25(26)27/h1-11H,12H2. The number of nitrogens with zero attached hydrogens (tertiary/aromatic N) is 2. The van der Waals surface area contributed by atoms with E-state index in [4.69, 9.17) is 16.3 Å². The molecule has 0 aliphatic carbocycles. The predicted molar refractivity (Wildman–Crippen MR) is 118 cm³/mol. The minimum atomic E-state index is -0.530. The molecular weight excluding hydrogens is 511 g/mol. The zero-order valence-electron chi connectivity index (χ0n) is 14.3. The molecule has 0 spiro atoms. The van der Waals surface area contributed by atoms with Crippen LogP contribution in [-0.4, -0.2) is 11.1 Å². The van der Waals surface area contributed by atoms with Crippen LogP contribution in [0.4, 0.5) is 11.4 Å². The van der Waals surface area contributed by atoms with E-state index in [0.29, 0.717) is 12.3 Å². The van der Waals surface area contributed by atoms with Gasteiger partial charge in [-0.05, 0) is 54.1 Å². The summed E-state index contributed by atoms with van der Waals surface area (Å²) in [5, 5.41) is 11.0. The Labute approximate surface area is 183 Å². The molecule has 0 fully saturated rings. The molecule has 3 rings (SSSR count). The summed E-state index contributed by atoms with van der Waals surface area (Å²) in [5.41, 5.74) is 2.17. The average molecular weight is 525 g/mol. The lowest BCUT2D eigenvalue weighted by atomic mass is 10.2. The zero-order chi connectivity index (χ0) is 20.1. The summed E-state index contributed by atoms with van der Waals surface area (Å²) in [6, 6.07) is 17.8. The molecule has 0 radical (unpaired) electrons. The van der Waals surface area contributed by atoms with Crippen molar-refractivity contribution in [3.63, 3.8) is 0 Å². The second-order valence-electron chi connectivity index (χ2n) is 5.74. The highest BCUT2D eigenvalue weighted by Crippen LogP contribution is 2.29. The quantitative estimate of drug-likeness (QED) is 0.196. The highest BCUT2D eigenvalue weighted by Gasteiger charge is 2.12. The molecule has 0 heterocycles. The first-order chi connectivity index (χ1) is 13.4. The Morgan fingerprint density at radius 3 is 2.50 bits per heavy atom. The van der Waals surface area contributed by atoms with Crippen molar-refractivity contribution in [3.05, 3.63) is 95.9 Å². The zero-order valence-corrected chi connectivity index (χ0v) is 18.2. The normalized spacial score (nSPS) is 11.0. The van der Waals surface area contributed by atoms with Crippen LogP contribution < -0.4 is 4.74 Å². The third-order valence-corrected chi connectivity index (χ3v) is 5.33. The fourth-order valence-corrected chi connectivity index (χ4v) is 3.67. The number of hydrogen-bond acceptors (Lipinski definition) is 4. The molecule has 142 valence electrons. The summed E-state index contributed by atoms with van der Waals surface area (Å²) in [6.07, 6.45) is 1.63. The Bertz CT molecular complexity index is 1040. The molecule has 0 aliphatic rings. The lowest BCUT2D eigenvalue weighted by Gasteiger charge is -2.08. The van der Waals surface area contributed by atoms with Crippen LogP contribution in [0.25, 0.3) is 0 Å². The van der Waals surface area contributed by atoms with Crippen molar-refractivity contribution in [2.24, 2.45) is 4.99 Å². The van der Waals surface area contributed by atoms with E-state index in [1.165, 1.54) is 12.1 Å². The second kappa shape index (κ2) is 9.32. The van der Waals surface area contributed by atoms with Gasteiger partial charge >= 0.3 is 0 Å². The van der Waals surface area contributed by atoms with E-state index in [1.54, 1.807) is 12.3 Å². The molecule has 3 aromatic carbocycles. The number of ether oxygens (including phenoxy) is 1. The topological polar surface area (TPSA) is 64.7 Å². The van der Waals surface area contributed by atoms with Crippen molar-refractivity contribution >= 4 is 61.1 Å². The van der Waals surface area contributed by atoms with Gasteiger partial charge in [0, 0.05) is 26.8 Å². The van der Waals surface area contributed by atoms with Crippen LogP contribution in [0.2, 0.25) is 5.02 Å². The van der Waals surface area contributed by atoms with Gasteiger partial charge in [0.1, 0.15) is 17.4 Å². The van der Waals surface area contributed by atoms with Crippen molar-refractivity contribution in [1.82, 2.24) is 0 Å². The number of halogens is 3. The third kappa shape index (κ3) is 5.41. The summed E-state index contributed by atoms with van der Waals surface area (Å²) < 4.78 is 7.78. The second-order valence-corrected chi connectivity index (χ2v) is 7.92. The fraction of sp³-hybridized carbons (Fsp3) is 0.0500. The smallest absolute Gasteiger partial charge is 0.290 e. The molecular formula is C20H13Br2ClN2O3. The molecule has 0 atom stereocenters. The molecule has 0 aliphatic heterocycles. The molecule has 0 saturated heterocycles. The van der Waals surface area contributed by atoms with Crippen LogP contribution in [0, 0.1) is 10.1 Å². The largest absolute Gasteiger partial charge is 0.489 e. The Morgan fingerprint density at radius 1 is 1.07 bits per heavy atom. The van der Waals surface area contributed by atoms with Gasteiger partial charge in [-0.15, -0.1) is 0 Å². The van der Waals surface area contributed by atoms with Crippen LogP contribution in [0.3, 0.4) is 0 Å². The van der Waals surface area contributed by atoms with Gasteiger partial charge in [0.25, 0.3) is 5.69 Å². The Balaban J connectivity index is 1.65. The first kappa shape index (κ1) is 20.5. The molecule has 0 N–H and O–H groups in total. The van der Waals surface area contributed by atoms with E-state index in [0.717, 1.165) is 25.8 Å². The molecule has 5 nitrogen and oxygen atoms in total. The van der Waals surface area contributed by atoms with Crippen LogP contribution in [-0.2, 0) is 6.61 Å². The molecule has 0 saturated carbocycles.